The van der Waals surface area contributed by atoms with Gasteiger partial charge < -0.3 is 25.4 Å². The van der Waals surface area contributed by atoms with Gasteiger partial charge in [-0.1, -0.05) is 62.6 Å². The minimum absolute atomic E-state index is 0.161. The molecule has 2 aromatic rings. The predicted octanol–water partition coefficient (Wildman–Crippen LogP) is 4.72. The Morgan fingerprint density at radius 2 is 1.69 bits per heavy atom. The van der Waals surface area contributed by atoms with Crippen molar-refractivity contribution in [3.05, 3.63) is 64.7 Å². The van der Waals surface area contributed by atoms with E-state index in [9.17, 15) is 19.5 Å². The van der Waals surface area contributed by atoms with Gasteiger partial charge in [-0.2, -0.15) is 0 Å². The maximum atomic E-state index is 14.2. The zero-order valence-corrected chi connectivity index (χ0v) is 24.0. The molecular formula is C31H41N3O5. The van der Waals surface area contributed by atoms with E-state index in [1.807, 2.05) is 45.9 Å². The first-order valence-corrected chi connectivity index (χ1v) is 13.2. The SMILES string of the molecule is C#Cc1ccccc1C(C(=O)Nc1c(C)cccc1C)N(CCO)C(=O)C(NC(=O)OC(C)(C)C)C(C)CC. The summed E-state index contributed by atoms with van der Waals surface area (Å²) in [5, 5.41) is 15.7. The summed E-state index contributed by atoms with van der Waals surface area (Å²) in [6.45, 7) is 12.1. The van der Waals surface area contributed by atoms with Gasteiger partial charge in [0.05, 0.1) is 6.61 Å². The Labute approximate surface area is 232 Å². The molecule has 0 bridgehead atoms. The first kappa shape index (κ1) is 31.4. The van der Waals surface area contributed by atoms with Gasteiger partial charge in [-0.15, -0.1) is 6.42 Å². The molecular weight excluding hydrogens is 494 g/mol. The van der Waals surface area contributed by atoms with Crippen molar-refractivity contribution in [2.75, 3.05) is 18.5 Å². The van der Waals surface area contributed by atoms with Crippen molar-refractivity contribution >= 4 is 23.6 Å². The minimum atomic E-state index is -1.18. The van der Waals surface area contributed by atoms with Gasteiger partial charge in [0, 0.05) is 17.8 Å². The Balaban J connectivity index is 2.63. The molecule has 3 amide bonds. The molecule has 0 aliphatic rings. The van der Waals surface area contributed by atoms with E-state index >= 15 is 0 Å². The lowest BCUT2D eigenvalue weighted by molar-refractivity contribution is -0.142. The first-order chi connectivity index (χ1) is 18.3. The fourth-order valence-electron chi connectivity index (χ4n) is 4.29. The van der Waals surface area contributed by atoms with Gasteiger partial charge in [-0.3, -0.25) is 9.59 Å². The molecule has 0 aliphatic heterocycles. The number of terminal acetylenes is 1. The molecule has 0 fully saturated rings. The highest BCUT2D eigenvalue weighted by Gasteiger charge is 2.38. The van der Waals surface area contributed by atoms with E-state index in [4.69, 9.17) is 11.2 Å². The molecule has 0 saturated carbocycles. The lowest BCUT2D eigenvalue weighted by atomic mass is 9.94. The van der Waals surface area contributed by atoms with Crippen LogP contribution in [0, 0.1) is 32.1 Å². The summed E-state index contributed by atoms with van der Waals surface area (Å²) < 4.78 is 5.41. The average Bonchev–Trinajstić information content (AvgIpc) is 2.87. The molecule has 0 aliphatic carbocycles. The van der Waals surface area contributed by atoms with Gasteiger partial charge in [0.2, 0.25) is 5.91 Å². The number of aliphatic hydroxyl groups excluding tert-OH is 1. The van der Waals surface area contributed by atoms with Crippen LogP contribution in [0.3, 0.4) is 0 Å². The van der Waals surface area contributed by atoms with Crippen molar-refractivity contribution in [2.24, 2.45) is 5.92 Å². The molecule has 3 N–H and O–H groups in total. The van der Waals surface area contributed by atoms with Crippen LogP contribution in [0.25, 0.3) is 0 Å². The number of amides is 3. The van der Waals surface area contributed by atoms with Crippen molar-refractivity contribution in [1.29, 1.82) is 0 Å². The molecule has 0 radical (unpaired) electrons. The molecule has 0 heterocycles. The molecule has 8 nitrogen and oxygen atoms in total. The molecule has 2 rings (SSSR count). The number of benzene rings is 2. The number of rotatable bonds is 10. The molecule has 0 saturated heterocycles. The Hall–Kier alpha value is -3.83. The number of alkyl carbamates (subject to hydrolysis) is 1. The number of nitrogens with zero attached hydrogens (tertiary/aromatic N) is 1. The summed E-state index contributed by atoms with van der Waals surface area (Å²) in [5.41, 5.74) is 2.46. The molecule has 210 valence electrons. The average molecular weight is 536 g/mol. The minimum Gasteiger partial charge on any atom is -0.444 e. The fraction of sp³-hybridized carbons (Fsp3) is 0.452. The highest BCUT2D eigenvalue weighted by molar-refractivity contribution is 6.00. The molecule has 2 aromatic carbocycles. The van der Waals surface area contributed by atoms with Crippen LogP contribution < -0.4 is 10.6 Å². The number of aryl methyl sites for hydroxylation is 2. The second kappa shape index (κ2) is 13.8. The van der Waals surface area contributed by atoms with Crippen molar-refractivity contribution in [3.8, 4) is 12.3 Å². The van der Waals surface area contributed by atoms with Gasteiger partial charge in [0.1, 0.15) is 17.7 Å². The van der Waals surface area contributed by atoms with Crippen LogP contribution in [0.1, 0.15) is 69.3 Å². The van der Waals surface area contributed by atoms with Crippen LogP contribution >= 0.6 is 0 Å². The Kier molecular flexibility index (Phi) is 11.1. The second-order valence-electron chi connectivity index (χ2n) is 10.7. The standard InChI is InChI=1S/C31H41N3O5/c1-9-20(3)26(33-30(38)39-31(6,7)8)29(37)34(18-19-35)27(24-17-12-11-16-23(24)10-2)28(36)32-25-21(4)14-13-15-22(25)5/h2,11-17,20,26-27,35H,9,18-19H2,1,3-8H3,(H,32,36)(H,33,38). The smallest absolute Gasteiger partial charge is 0.408 e. The molecule has 39 heavy (non-hydrogen) atoms. The van der Waals surface area contributed by atoms with E-state index in [1.165, 1.54) is 4.90 Å². The second-order valence-corrected chi connectivity index (χ2v) is 10.7. The molecule has 0 spiro atoms. The van der Waals surface area contributed by atoms with E-state index in [2.05, 4.69) is 16.6 Å². The van der Waals surface area contributed by atoms with Crippen LogP contribution in [0.2, 0.25) is 0 Å². The zero-order chi connectivity index (χ0) is 29.3. The van der Waals surface area contributed by atoms with Crippen molar-refractivity contribution in [2.45, 2.75) is 72.6 Å². The highest BCUT2D eigenvalue weighted by atomic mass is 16.6. The van der Waals surface area contributed by atoms with Crippen LogP contribution in [0.15, 0.2) is 42.5 Å². The van der Waals surface area contributed by atoms with E-state index in [1.54, 1.807) is 45.0 Å². The van der Waals surface area contributed by atoms with Crippen LogP contribution in [0.4, 0.5) is 10.5 Å². The van der Waals surface area contributed by atoms with E-state index < -0.39 is 42.2 Å². The third-order valence-corrected chi connectivity index (χ3v) is 6.48. The number of nitrogens with one attached hydrogen (secondary N) is 2. The van der Waals surface area contributed by atoms with Crippen molar-refractivity contribution in [1.82, 2.24) is 10.2 Å². The quantitative estimate of drug-likeness (QED) is 0.382. The third kappa shape index (κ3) is 8.33. The monoisotopic (exact) mass is 535 g/mol. The van der Waals surface area contributed by atoms with Gasteiger partial charge in [-0.05, 0) is 63.3 Å². The number of hydrogen-bond acceptors (Lipinski definition) is 5. The molecule has 3 atom stereocenters. The predicted molar refractivity (Wildman–Crippen MR) is 153 cm³/mol. The molecule has 8 heteroatoms. The maximum Gasteiger partial charge on any atom is 0.408 e. The summed E-state index contributed by atoms with van der Waals surface area (Å²) in [5.74, 6) is 1.29. The summed E-state index contributed by atoms with van der Waals surface area (Å²) in [4.78, 5) is 42.2. The molecule has 0 aromatic heterocycles. The lowest BCUT2D eigenvalue weighted by Gasteiger charge is -2.36. The third-order valence-electron chi connectivity index (χ3n) is 6.48. The van der Waals surface area contributed by atoms with Gasteiger partial charge in [0.25, 0.3) is 5.91 Å². The van der Waals surface area contributed by atoms with Crippen LogP contribution in [-0.4, -0.2) is 52.7 Å². The first-order valence-electron chi connectivity index (χ1n) is 13.2. The normalized spacial score (nSPS) is 13.4. The summed E-state index contributed by atoms with van der Waals surface area (Å²) in [6.07, 6.45) is 5.61. The summed E-state index contributed by atoms with van der Waals surface area (Å²) >= 11 is 0. The van der Waals surface area contributed by atoms with Crippen molar-refractivity contribution in [3.63, 3.8) is 0 Å². The van der Waals surface area contributed by atoms with Crippen molar-refractivity contribution < 1.29 is 24.2 Å². The fourth-order valence-corrected chi connectivity index (χ4v) is 4.29. The number of ether oxygens (including phenoxy) is 1. The van der Waals surface area contributed by atoms with Crippen LogP contribution in [0.5, 0.6) is 0 Å². The number of anilines is 1. The van der Waals surface area contributed by atoms with Crippen LogP contribution in [-0.2, 0) is 14.3 Å². The summed E-state index contributed by atoms with van der Waals surface area (Å²) in [6, 6.07) is 10.4. The number of para-hydroxylation sites is 1. The van der Waals surface area contributed by atoms with Gasteiger partial charge >= 0.3 is 6.09 Å². The highest BCUT2D eigenvalue weighted by Crippen LogP contribution is 2.29. The Bertz CT molecular complexity index is 1190. The number of carbonyl (C=O) groups excluding carboxylic acids is 3. The lowest BCUT2D eigenvalue weighted by Crippen LogP contribution is -2.55. The Morgan fingerprint density at radius 3 is 2.23 bits per heavy atom. The number of carbonyl (C=O) groups is 3. The number of aliphatic hydroxyl groups is 1. The molecule has 3 unspecified atom stereocenters. The Morgan fingerprint density at radius 1 is 1.08 bits per heavy atom. The number of hydrogen-bond donors (Lipinski definition) is 3. The summed E-state index contributed by atoms with van der Waals surface area (Å²) in [7, 11) is 0. The maximum absolute atomic E-state index is 14.2. The van der Waals surface area contributed by atoms with Gasteiger partial charge in [-0.25, -0.2) is 4.79 Å². The largest absolute Gasteiger partial charge is 0.444 e. The topological polar surface area (TPSA) is 108 Å². The van der Waals surface area contributed by atoms with E-state index in [0.29, 0.717) is 23.2 Å². The van der Waals surface area contributed by atoms with E-state index in [0.717, 1.165) is 11.1 Å². The van der Waals surface area contributed by atoms with Gasteiger partial charge in [0.15, 0.2) is 0 Å². The zero-order valence-electron chi connectivity index (χ0n) is 24.0. The van der Waals surface area contributed by atoms with E-state index in [-0.39, 0.29) is 12.5 Å².